The van der Waals surface area contributed by atoms with Gasteiger partial charge in [-0.05, 0) is 12.8 Å². The predicted molar refractivity (Wildman–Crippen MR) is 107 cm³/mol. The standard InChI is InChI=1S/C18H21F2N3O2S2/c19-14-7-12(8-15(20)16(14)22-3-5-27-6-4-22)23-10-13(25-18(23)24)9-21-17(26)11-1-2-11/h7-8,11,13H,1-6,9-10H2,(H,21,26)/t13-/m0/s1. The van der Waals surface area contributed by atoms with Crippen molar-refractivity contribution in [3.63, 3.8) is 0 Å². The lowest BCUT2D eigenvalue weighted by Gasteiger charge is -2.29. The molecule has 1 aromatic carbocycles. The van der Waals surface area contributed by atoms with Crippen LogP contribution in [0.25, 0.3) is 0 Å². The first-order valence-corrected chi connectivity index (χ1v) is 10.7. The molecule has 1 N–H and O–H groups in total. The van der Waals surface area contributed by atoms with Gasteiger partial charge in [-0.3, -0.25) is 4.90 Å². The Morgan fingerprint density at radius 1 is 1.26 bits per heavy atom. The number of nitrogens with zero attached hydrogens (tertiary/aromatic N) is 2. The molecule has 1 amide bonds. The summed E-state index contributed by atoms with van der Waals surface area (Å²) >= 11 is 7.04. The van der Waals surface area contributed by atoms with Crippen molar-refractivity contribution in [1.29, 1.82) is 0 Å². The van der Waals surface area contributed by atoms with Gasteiger partial charge in [0.15, 0.2) is 11.6 Å². The lowest BCUT2D eigenvalue weighted by molar-refractivity contribution is 0.143. The van der Waals surface area contributed by atoms with Gasteiger partial charge in [-0.15, -0.1) is 0 Å². The van der Waals surface area contributed by atoms with Gasteiger partial charge in [0.2, 0.25) is 0 Å². The third kappa shape index (κ3) is 4.13. The fourth-order valence-electron chi connectivity index (χ4n) is 3.34. The summed E-state index contributed by atoms with van der Waals surface area (Å²) in [5, 5.41) is 3.12. The minimum absolute atomic E-state index is 0.0142. The second kappa shape index (κ2) is 7.79. The molecule has 0 radical (unpaired) electrons. The van der Waals surface area contributed by atoms with Gasteiger partial charge in [-0.25, -0.2) is 13.6 Å². The summed E-state index contributed by atoms with van der Waals surface area (Å²) in [6, 6.07) is 2.43. The van der Waals surface area contributed by atoms with Crippen LogP contribution in [-0.4, -0.2) is 54.9 Å². The van der Waals surface area contributed by atoms with Crippen molar-refractivity contribution in [1.82, 2.24) is 5.32 Å². The summed E-state index contributed by atoms with van der Waals surface area (Å²) in [5.74, 6) is 0.826. The molecule has 2 aliphatic heterocycles. The van der Waals surface area contributed by atoms with Gasteiger partial charge >= 0.3 is 6.09 Å². The first kappa shape index (κ1) is 18.7. The van der Waals surface area contributed by atoms with Crippen molar-refractivity contribution >= 4 is 46.4 Å². The van der Waals surface area contributed by atoms with E-state index in [2.05, 4.69) is 5.32 Å². The Hall–Kier alpha value is -1.61. The van der Waals surface area contributed by atoms with Gasteiger partial charge in [0.05, 0.1) is 23.8 Å². The topological polar surface area (TPSA) is 44.8 Å². The summed E-state index contributed by atoms with van der Waals surface area (Å²) in [6.45, 7) is 1.86. The molecule has 4 rings (SSSR count). The first-order chi connectivity index (χ1) is 13.0. The Labute approximate surface area is 166 Å². The maximum atomic E-state index is 14.6. The molecular weight excluding hydrogens is 392 g/mol. The van der Waals surface area contributed by atoms with Crippen LogP contribution in [0.3, 0.4) is 0 Å². The molecule has 3 fully saturated rings. The fraction of sp³-hybridized carbons (Fsp3) is 0.556. The highest BCUT2D eigenvalue weighted by molar-refractivity contribution is 7.99. The van der Waals surface area contributed by atoms with Gasteiger partial charge in [0.25, 0.3) is 0 Å². The highest BCUT2D eigenvalue weighted by Gasteiger charge is 2.34. The van der Waals surface area contributed by atoms with Gasteiger partial charge < -0.3 is 15.0 Å². The van der Waals surface area contributed by atoms with Gasteiger partial charge in [-0.2, -0.15) is 11.8 Å². The average molecular weight is 414 g/mol. The third-order valence-corrected chi connectivity index (χ3v) is 6.39. The zero-order chi connectivity index (χ0) is 19.0. The first-order valence-electron chi connectivity index (χ1n) is 9.10. The number of hydrogen-bond acceptors (Lipinski definition) is 5. The monoisotopic (exact) mass is 413 g/mol. The number of hydrogen-bond donors (Lipinski definition) is 1. The van der Waals surface area contributed by atoms with E-state index in [0.29, 0.717) is 25.6 Å². The van der Waals surface area contributed by atoms with E-state index >= 15 is 0 Å². The Bertz CT molecular complexity index is 731. The van der Waals surface area contributed by atoms with Crippen molar-refractivity contribution in [3.8, 4) is 0 Å². The summed E-state index contributed by atoms with van der Waals surface area (Å²) in [6.07, 6.45) is 1.20. The molecule has 2 saturated heterocycles. The molecule has 3 aliphatic rings. The molecule has 1 aromatic rings. The Balaban J connectivity index is 1.44. The number of rotatable bonds is 5. The van der Waals surface area contributed by atoms with E-state index in [-0.39, 0.29) is 17.9 Å². The van der Waals surface area contributed by atoms with Crippen LogP contribution in [0.4, 0.5) is 25.0 Å². The van der Waals surface area contributed by atoms with E-state index in [9.17, 15) is 13.6 Å². The predicted octanol–water partition coefficient (Wildman–Crippen LogP) is 3.17. The van der Waals surface area contributed by atoms with Crippen LogP contribution < -0.4 is 15.1 Å². The van der Waals surface area contributed by atoms with Crippen molar-refractivity contribution in [2.24, 2.45) is 5.92 Å². The zero-order valence-corrected chi connectivity index (χ0v) is 16.4. The molecule has 27 heavy (non-hydrogen) atoms. The number of carbonyl (C=O) groups excluding carboxylic acids is 1. The summed E-state index contributed by atoms with van der Waals surface area (Å²) in [7, 11) is 0. The van der Waals surface area contributed by atoms with Crippen molar-refractivity contribution in [3.05, 3.63) is 23.8 Å². The molecule has 1 atom stereocenters. The van der Waals surface area contributed by atoms with E-state index in [1.54, 1.807) is 16.7 Å². The van der Waals surface area contributed by atoms with Crippen LogP contribution >= 0.6 is 24.0 Å². The summed E-state index contributed by atoms with van der Waals surface area (Å²) in [5.41, 5.74) is 0.164. The van der Waals surface area contributed by atoms with E-state index < -0.39 is 23.8 Å². The van der Waals surface area contributed by atoms with E-state index in [0.717, 1.165) is 29.3 Å². The highest BCUT2D eigenvalue weighted by Crippen LogP contribution is 2.32. The minimum atomic E-state index is -0.652. The number of halogens is 2. The molecule has 0 unspecified atom stereocenters. The molecule has 2 heterocycles. The summed E-state index contributed by atoms with van der Waals surface area (Å²) in [4.78, 5) is 16.0. The lowest BCUT2D eigenvalue weighted by atomic mass is 10.2. The minimum Gasteiger partial charge on any atom is -0.442 e. The van der Waals surface area contributed by atoms with E-state index in [1.807, 2.05) is 0 Å². The molecule has 0 spiro atoms. The van der Waals surface area contributed by atoms with Crippen molar-refractivity contribution in [2.75, 3.05) is 47.5 Å². The lowest BCUT2D eigenvalue weighted by Crippen LogP contribution is -2.35. The number of thioether (sulfide) groups is 1. The van der Waals surface area contributed by atoms with Crippen LogP contribution in [0.15, 0.2) is 12.1 Å². The maximum absolute atomic E-state index is 14.6. The summed E-state index contributed by atoms with van der Waals surface area (Å²) < 4.78 is 34.6. The second-order valence-corrected chi connectivity index (χ2v) is 8.66. The number of anilines is 2. The van der Waals surface area contributed by atoms with Crippen molar-refractivity contribution < 1.29 is 18.3 Å². The number of amides is 1. The average Bonchev–Trinajstić information content (AvgIpc) is 3.43. The van der Waals surface area contributed by atoms with Crippen LogP contribution in [0.5, 0.6) is 0 Å². The molecular formula is C18H21F2N3O2S2. The van der Waals surface area contributed by atoms with Crippen LogP contribution in [0.1, 0.15) is 12.8 Å². The smallest absolute Gasteiger partial charge is 0.414 e. The molecule has 1 aliphatic carbocycles. The highest BCUT2D eigenvalue weighted by atomic mass is 32.2. The molecule has 146 valence electrons. The Morgan fingerprint density at radius 2 is 1.93 bits per heavy atom. The SMILES string of the molecule is O=C1O[C@@H](CNC(=S)C2CC2)CN1c1cc(F)c(N2CCSCC2)c(F)c1. The Kier molecular flexibility index (Phi) is 5.41. The quantitative estimate of drug-likeness (QED) is 0.749. The van der Waals surface area contributed by atoms with Gasteiger partial charge in [0, 0.05) is 42.6 Å². The molecule has 5 nitrogen and oxygen atoms in total. The largest absolute Gasteiger partial charge is 0.442 e. The van der Waals surface area contributed by atoms with E-state index in [4.69, 9.17) is 17.0 Å². The number of carbonyl (C=O) groups is 1. The van der Waals surface area contributed by atoms with Gasteiger partial charge in [0.1, 0.15) is 11.8 Å². The van der Waals surface area contributed by atoms with E-state index in [1.165, 1.54) is 17.0 Å². The Morgan fingerprint density at radius 3 is 2.56 bits per heavy atom. The molecule has 0 bridgehead atoms. The third-order valence-electron chi connectivity index (χ3n) is 4.97. The van der Waals surface area contributed by atoms with Crippen molar-refractivity contribution in [2.45, 2.75) is 18.9 Å². The molecule has 9 heteroatoms. The number of cyclic esters (lactones) is 1. The normalized spacial score (nSPS) is 22.7. The van der Waals surface area contributed by atoms with Gasteiger partial charge in [-0.1, -0.05) is 12.2 Å². The number of thiocarbonyl (C=S) groups is 1. The fourth-order valence-corrected chi connectivity index (χ4v) is 4.56. The molecule has 1 saturated carbocycles. The second-order valence-electron chi connectivity index (χ2n) is 6.99. The maximum Gasteiger partial charge on any atom is 0.414 e. The van der Waals surface area contributed by atoms with Crippen LogP contribution in [-0.2, 0) is 4.74 Å². The zero-order valence-electron chi connectivity index (χ0n) is 14.7. The van der Waals surface area contributed by atoms with Crippen LogP contribution in [0.2, 0.25) is 0 Å². The number of benzene rings is 1. The number of ether oxygens (including phenoxy) is 1. The van der Waals surface area contributed by atoms with Crippen LogP contribution in [0, 0.1) is 17.6 Å². The number of nitrogens with one attached hydrogen (secondary N) is 1. The molecule has 0 aromatic heterocycles.